The first kappa shape index (κ1) is 10.0. The Morgan fingerprint density at radius 2 is 1.17 bits per heavy atom. The summed E-state index contributed by atoms with van der Waals surface area (Å²) < 4.78 is 31.4. The van der Waals surface area contributed by atoms with Crippen molar-refractivity contribution in [1.29, 1.82) is 0 Å². The van der Waals surface area contributed by atoms with Gasteiger partial charge in [-0.05, 0) is 0 Å². The van der Waals surface area contributed by atoms with Gasteiger partial charge in [-0.2, -0.15) is 0 Å². The van der Waals surface area contributed by atoms with E-state index in [0.29, 0.717) is 6.66 Å². The van der Waals surface area contributed by atoms with Gasteiger partial charge in [0.1, 0.15) is 6.66 Å². The summed E-state index contributed by atoms with van der Waals surface area (Å²) in [7, 11) is -4.89. The Labute approximate surface area is 50.3 Å². The van der Waals surface area contributed by atoms with E-state index in [0.717, 1.165) is 0 Å². The number of halogens is 3. The van der Waals surface area contributed by atoms with Crippen LogP contribution in [0.4, 0.5) is 12.6 Å². The fraction of sp³-hybridized carbons (Fsp3) is 1.00. The van der Waals surface area contributed by atoms with Crippen LogP contribution >= 0.6 is 8.19 Å². The van der Waals surface area contributed by atoms with Crippen LogP contribution in [0.3, 0.4) is 0 Å². The average Bonchev–Trinajstić information content (AvgIpc) is 0.722. The molecule has 0 atom stereocenters. The topological polar surface area (TPSA) is 0 Å². The molecule has 0 aromatic carbocycles. The van der Waals surface area contributed by atoms with E-state index in [-0.39, 0.29) is 22.4 Å². The van der Waals surface area contributed by atoms with Gasteiger partial charge in [-0.15, -0.1) is 0 Å². The molecule has 0 fully saturated rings. The molecule has 5 heteroatoms. The predicted molar refractivity (Wildman–Crippen MR) is 16.2 cm³/mol. The normalized spacial score (nSPS) is 10.0. The second-order valence-corrected chi connectivity index (χ2v) is 2.10. The van der Waals surface area contributed by atoms with Gasteiger partial charge in [0, 0.05) is 35.0 Å². The maximum Gasteiger partial charge on any atom is 0.566 e. The molecular formula is CH3AuF3P+. The van der Waals surface area contributed by atoms with E-state index in [4.69, 9.17) is 0 Å². The van der Waals surface area contributed by atoms with Crippen molar-refractivity contribution in [2.75, 3.05) is 6.66 Å². The summed E-state index contributed by atoms with van der Waals surface area (Å²) in [5.41, 5.74) is 0. The van der Waals surface area contributed by atoms with Crippen molar-refractivity contribution < 1.29 is 35.0 Å². The first-order valence-corrected chi connectivity index (χ1v) is 2.86. The van der Waals surface area contributed by atoms with Crippen LogP contribution in [0, 0.1) is 0 Å². The van der Waals surface area contributed by atoms with Crippen molar-refractivity contribution in [1.82, 2.24) is 0 Å². The molecule has 0 N–H and O–H groups in total. The van der Waals surface area contributed by atoms with Gasteiger partial charge in [0.25, 0.3) is 0 Å². The molecule has 0 aromatic rings. The van der Waals surface area contributed by atoms with E-state index in [9.17, 15) is 12.6 Å². The van der Waals surface area contributed by atoms with Crippen molar-refractivity contribution >= 4 is 8.19 Å². The smallest absolute Gasteiger partial charge is 0 e. The zero-order valence-corrected chi connectivity index (χ0v) is 5.94. The molecule has 0 nitrogen and oxygen atoms in total. The Bertz CT molecular complexity index is 26.3. The zero-order chi connectivity index (χ0) is 4.50. The average molecular weight is 300 g/mol. The molecule has 43 valence electrons. The second-order valence-electron chi connectivity index (χ2n) is 0.699. The van der Waals surface area contributed by atoms with Crippen LogP contribution < -0.4 is 0 Å². The predicted octanol–water partition coefficient (Wildman–Crippen LogP) is 2.28. The van der Waals surface area contributed by atoms with Crippen molar-refractivity contribution in [3.63, 3.8) is 0 Å². The quantitative estimate of drug-likeness (QED) is 0.476. The van der Waals surface area contributed by atoms with E-state index in [1.54, 1.807) is 0 Å². The SMILES string of the molecule is C[P+](F)(F)F.[Au]. The van der Waals surface area contributed by atoms with Crippen LogP contribution in [0.5, 0.6) is 0 Å². The van der Waals surface area contributed by atoms with Gasteiger partial charge in [0.15, 0.2) is 0 Å². The zero-order valence-electron chi connectivity index (χ0n) is 2.88. The van der Waals surface area contributed by atoms with Crippen LogP contribution in [0.2, 0.25) is 0 Å². The Morgan fingerprint density at radius 3 is 1.17 bits per heavy atom. The Morgan fingerprint density at radius 1 is 1.17 bits per heavy atom. The molecule has 0 heterocycles. The van der Waals surface area contributed by atoms with E-state index < -0.39 is 8.19 Å². The molecule has 0 aliphatic heterocycles. The van der Waals surface area contributed by atoms with E-state index in [1.807, 2.05) is 0 Å². The van der Waals surface area contributed by atoms with Gasteiger partial charge in [-0.3, -0.25) is 0 Å². The first-order chi connectivity index (χ1) is 2.00. The van der Waals surface area contributed by atoms with Gasteiger partial charge in [-0.25, -0.2) is 0 Å². The molecule has 0 aliphatic rings. The largest absolute Gasteiger partial charge is 0.566 e. The fourth-order valence-corrected chi connectivity index (χ4v) is 0. The third kappa shape index (κ3) is 84.4. The third-order valence-corrected chi connectivity index (χ3v) is 0. The summed E-state index contributed by atoms with van der Waals surface area (Å²) in [6.45, 7) is 0.299. The van der Waals surface area contributed by atoms with Crippen LogP contribution in [0.1, 0.15) is 0 Å². The summed E-state index contributed by atoms with van der Waals surface area (Å²) >= 11 is 0. The van der Waals surface area contributed by atoms with Crippen molar-refractivity contribution in [2.24, 2.45) is 0 Å². The summed E-state index contributed by atoms with van der Waals surface area (Å²) in [6.07, 6.45) is 0. The van der Waals surface area contributed by atoms with Crippen molar-refractivity contribution in [3.8, 4) is 0 Å². The number of hydrogen-bond donors (Lipinski definition) is 0. The summed E-state index contributed by atoms with van der Waals surface area (Å²) in [4.78, 5) is 0. The van der Waals surface area contributed by atoms with Gasteiger partial charge in [0.2, 0.25) is 0 Å². The summed E-state index contributed by atoms with van der Waals surface area (Å²) in [5, 5.41) is 0. The number of hydrogen-bond acceptors (Lipinski definition) is 0. The minimum absolute atomic E-state index is 0. The first-order valence-electron chi connectivity index (χ1n) is 0.954. The second kappa shape index (κ2) is 3.03. The van der Waals surface area contributed by atoms with Gasteiger partial charge in [0.05, 0.1) is 0 Å². The van der Waals surface area contributed by atoms with Crippen LogP contribution in [-0.2, 0) is 22.4 Å². The molecule has 1 radical (unpaired) electrons. The molecule has 0 aromatic heterocycles. The molecule has 0 unspecified atom stereocenters. The maximum absolute atomic E-state index is 10.5. The number of rotatable bonds is 0. The van der Waals surface area contributed by atoms with E-state index >= 15 is 0 Å². The molecule has 0 saturated heterocycles. The van der Waals surface area contributed by atoms with Crippen molar-refractivity contribution in [2.45, 2.75) is 0 Å². The molecule has 0 bridgehead atoms. The van der Waals surface area contributed by atoms with Crippen LogP contribution in [-0.4, -0.2) is 6.66 Å². The minimum atomic E-state index is -4.89. The fourth-order valence-electron chi connectivity index (χ4n) is 0. The van der Waals surface area contributed by atoms with Gasteiger partial charge >= 0.3 is 8.19 Å². The molecule has 6 heavy (non-hydrogen) atoms. The van der Waals surface area contributed by atoms with Crippen molar-refractivity contribution in [3.05, 3.63) is 0 Å². The monoisotopic (exact) mass is 300 g/mol. The molecule has 0 spiro atoms. The maximum atomic E-state index is 10.5. The van der Waals surface area contributed by atoms with E-state index in [1.165, 1.54) is 0 Å². The minimum Gasteiger partial charge on any atom is 0 e. The van der Waals surface area contributed by atoms with E-state index in [2.05, 4.69) is 0 Å². The molecular weight excluding hydrogens is 297 g/mol. The Kier molecular flexibility index (Phi) is 5.07. The molecule has 0 amide bonds. The van der Waals surface area contributed by atoms with Gasteiger partial charge < -0.3 is 0 Å². The molecule has 0 aliphatic carbocycles. The molecule has 0 rings (SSSR count). The van der Waals surface area contributed by atoms with Crippen LogP contribution in [0.15, 0.2) is 0 Å². The van der Waals surface area contributed by atoms with Crippen LogP contribution in [0.25, 0.3) is 0 Å². The third-order valence-electron chi connectivity index (χ3n) is 0. The summed E-state index contributed by atoms with van der Waals surface area (Å²) in [6, 6.07) is 0. The summed E-state index contributed by atoms with van der Waals surface area (Å²) in [5.74, 6) is 0. The van der Waals surface area contributed by atoms with Gasteiger partial charge in [-0.1, -0.05) is 0 Å². The Balaban J connectivity index is 0. The Hall–Kier alpha value is 0.960. The molecule has 0 saturated carbocycles. The standard InChI is InChI=1S/CH3F3P.Au/c1-5(2,3)4;/h1H3;/q+1;.